The van der Waals surface area contributed by atoms with Crippen LogP contribution in [0.4, 0.5) is 4.39 Å². The second-order valence-corrected chi connectivity index (χ2v) is 6.43. The van der Waals surface area contributed by atoms with Gasteiger partial charge in [-0.15, -0.1) is 11.8 Å². The molecule has 1 unspecified atom stereocenters. The summed E-state index contributed by atoms with van der Waals surface area (Å²) in [6.07, 6.45) is 5.60. The number of benzene rings is 1. The summed E-state index contributed by atoms with van der Waals surface area (Å²) in [5, 5.41) is 0. The summed E-state index contributed by atoms with van der Waals surface area (Å²) < 4.78 is 18.5. The molecular weight excluding hydrogens is 329 g/mol. The van der Waals surface area contributed by atoms with Crippen molar-refractivity contribution in [3.8, 4) is 6.01 Å². The summed E-state index contributed by atoms with van der Waals surface area (Å²) >= 11 is 1.61. The first-order chi connectivity index (χ1) is 11.7. The van der Waals surface area contributed by atoms with Crippen LogP contribution in [-0.2, 0) is 0 Å². The lowest BCUT2D eigenvalue weighted by Crippen LogP contribution is -2.44. The molecule has 1 amide bonds. The fourth-order valence-electron chi connectivity index (χ4n) is 2.67. The number of likely N-dealkylation sites (tertiary alicyclic amines) is 1. The number of rotatable bonds is 4. The van der Waals surface area contributed by atoms with E-state index in [4.69, 9.17) is 4.74 Å². The normalized spacial score (nSPS) is 17.6. The summed E-state index contributed by atoms with van der Waals surface area (Å²) in [5.41, 5.74) is 0.681. The summed E-state index contributed by atoms with van der Waals surface area (Å²) in [6, 6.07) is 7.75. The smallest absolute Gasteiger partial charge is 0.316 e. The van der Waals surface area contributed by atoms with Crippen molar-refractivity contribution in [2.24, 2.45) is 0 Å². The van der Waals surface area contributed by atoms with Crippen LogP contribution in [0.25, 0.3) is 0 Å². The Morgan fingerprint density at radius 2 is 2.17 bits per heavy atom. The zero-order valence-electron chi connectivity index (χ0n) is 13.3. The predicted molar refractivity (Wildman–Crippen MR) is 89.8 cm³/mol. The van der Waals surface area contributed by atoms with Gasteiger partial charge in [-0.2, -0.15) is 0 Å². The van der Waals surface area contributed by atoms with E-state index in [1.807, 2.05) is 30.5 Å². The van der Waals surface area contributed by atoms with Crippen molar-refractivity contribution >= 4 is 17.7 Å². The molecule has 1 fully saturated rings. The number of nitrogens with zero attached hydrogens (tertiary/aromatic N) is 3. The van der Waals surface area contributed by atoms with Crippen LogP contribution in [0.3, 0.4) is 0 Å². The highest BCUT2D eigenvalue weighted by Gasteiger charge is 2.26. The van der Waals surface area contributed by atoms with Gasteiger partial charge in [0.1, 0.15) is 6.10 Å². The molecule has 1 aromatic carbocycles. The van der Waals surface area contributed by atoms with Crippen LogP contribution in [0.15, 0.2) is 41.6 Å². The van der Waals surface area contributed by atoms with Gasteiger partial charge in [-0.25, -0.2) is 14.4 Å². The SMILES string of the molecule is CSc1cccc(C(=O)N2CCCC(Oc3ncc(F)cn3)C2)c1. The third-order valence-corrected chi connectivity index (χ3v) is 4.58. The lowest BCUT2D eigenvalue weighted by atomic mass is 10.1. The van der Waals surface area contributed by atoms with E-state index in [1.54, 1.807) is 16.7 Å². The Balaban J connectivity index is 1.66. The molecule has 2 aromatic rings. The molecule has 1 saturated heterocycles. The van der Waals surface area contributed by atoms with Crippen molar-refractivity contribution in [1.82, 2.24) is 14.9 Å². The van der Waals surface area contributed by atoms with E-state index in [9.17, 15) is 9.18 Å². The number of piperidine rings is 1. The van der Waals surface area contributed by atoms with Gasteiger partial charge in [0.15, 0.2) is 5.82 Å². The van der Waals surface area contributed by atoms with Gasteiger partial charge in [0.05, 0.1) is 18.9 Å². The van der Waals surface area contributed by atoms with Gasteiger partial charge in [-0.3, -0.25) is 4.79 Å². The monoisotopic (exact) mass is 347 g/mol. The van der Waals surface area contributed by atoms with Crippen LogP contribution in [-0.4, -0.2) is 46.2 Å². The molecule has 0 N–H and O–H groups in total. The van der Waals surface area contributed by atoms with Crippen LogP contribution in [0.1, 0.15) is 23.2 Å². The first kappa shape index (κ1) is 16.7. The second-order valence-electron chi connectivity index (χ2n) is 5.55. The molecule has 1 aliphatic heterocycles. The topological polar surface area (TPSA) is 55.3 Å². The number of hydrogen-bond donors (Lipinski definition) is 0. The minimum absolute atomic E-state index is 0.000718. The fraction of sp³-hybridized carbons (Fsp3) is 0.353. The number of halogens is 1. The molecule has 1 aliphatic rings. The largest absolute Gasteiger partial charge is 0.458 e. The zero-order chi connectivity index (χ0) is 16.9. The maximum atomic E-state index is 12.8. The summed E-state index contributed by atoms with van der Waals surface area (Å²) in [6.45, 7) is 1.18. The van der Waals surface area contributed by atoms with E-state index < -0.39 is 5.82 Å². The lowest BCUT2D eigenvalue weighted by molar-refractivity contribution is 0.0515. The highest BCUT2D eigenvalue weighted by molar-refractivity contribution is 7.98. The minimum Gasteiger partial charge on any atom is -0.458 e. The molecule has 3 rings (SSSR count). The number of aromatic nitrogens is 2. The zero-order valence-corrected chi connectivity index (χ0v) is 14.1. The quantitative estimate of drug-likeness (QED) is 0.796. The van der Waals surface area contributed by atoms with Crippen LogP contribution < -0.4 is 4.74 Å². The average molecular weight is 347 g/mol. The molecule has 2 heterocycles. The second kappa shape index (κ2) is 7.61. The minimum atomic E-state index is -0.503. The van der Waals surface area contributed by atoms with Crippen molar-refractivity contribution in [2.75, 3.05) is 19.3 Å². The van der Waals surface area contributed by atoms with Gasteiger partial charge >= 0.3 is 6.01 Å². The molecule has 126 valence electrons. The van der Waals surface area contributed by atoms with Crippen molar-refractivity contribution in [2.45, 2.75) is 23.8 Å². The summed E-state index contributed by atoms with van der Waals surface area (Å²) in [7, 11) is 0. The number of hydrogen-bond acceptors (Lipinski definition) is 5. The maximum absolute atomic E-state index is 12.8. The van der Waals surface area contributed by atoms with Gasteiger partial charge in [0.25, 0.3) is 5.91 Å². The van der Waals surface area contributed by atoms with Gasteiger partial charge in [0.2, 0.25) is 0 Å². The van der Waals surface area contributed by atoms with Crippen LogP contribution in [0, 0.1) is 5.82 Å². The molecule has 1 atom stereocenters. The van der Waals surface area contributed by atoms with E-state index in [0.29, 0.717) is 18.7 Å². The Morgan fingerprint density at radius 1 is 1.38 bits per heavy atom. The van der Waals surface area contributed by atoms with Crippen molar-refractivity contribution in [3.05, 3.63) is 48.0 Å². The van der Waals surface area contributed by atoms with Gasteiger partial charge in [-0.05, 0) is 37.3 Å². The fourth-order valence-corrected chi connectivity index (χ4v) is 3.13. The number of carbonyl (C=O) groups excluding carboxylic acids is 1. The van der Waals surface area contributed by atoms with Crippen molar-refractivity contribution in [1.29, 1.82) is 0 Å². The van der Waals surface area contributed by atoms with Gasteiger partial charge in [0, 0.05) is 17.0 Å². The number of carbonyl (C=O) groups is 1. The average Bonchev–Trinajstić information content (AvgIpc) is 2.63. The van der Waals surface area contributed by atoms with E-state index in [2.05, 4.69) is 9.97 Å². The first-order valence-corrected chi connectivity index (χ1v) is 8.95. The number of amides is 1. The Bertz CT molecular complexity index is 711. The molecule has 0 spiro atoms. The van der Waals surface area contributed by atoms with Crippen LogP contribution >= 0.6 is 11.8 Å². The lowest BCUT2D eigenvalue weighted by Gasteiger charge is -2.32. The Labute approximate surface area is 144 Å². The Morgan fingerprint density at radius 3 is 2.92 bits per heavy atom. The molecule has 24 heavy (non-hydrogen) atoms. The molecule has 1 aromatic heterocycles. The third-order valence-electron chi connectivity index (χ3n) is 3.85. The third kappa shape index (κ3) is 4.03. The summed E-state index contributed by atoms with van der Waals surface area (Å²) in [4.78, 5) is 23.2. The molecule has 0 aliphatic carbocycles. The van der Waals surface area contributed by atoms with E-state index >= 15 is 0 Å². The number of ether oxygens (including phenoxy) is 1. The highest BCUT2D eigenvalue weighted by Crippen LogP contribution is 2.20. The predicted octanol–water partition coefficient (Wildman–Crippen LogP) is 3.02. The van der Waals surface area contributed by atoms with Crippen molar-refractivity contribution < 1.29 is 13.9 Å². The van der Waals surface area contributed by atoms with Gasteiger partial charge in [-0.1, -0.05) is 6.07 Å². The van der Waals surface area contributed by atoms with Gasteiger partial charge < -0.3 is 9.64 Å². The van der Waals surface area contributed by atoms with Crippen LogP contribution in [0.5, 0.6) is 6.01 Å². The molecule has 7 heteroatoms. The molecular formula is C17H18FN3O2S. The highest BCUT2D eigenvalue weighted by atomic mass is 32.2. The molecule has 0 radical (unpaired) electrons. The maximum Gasteiger partial charge on any atom is 0.316 e. The Hall–Kier alpha value is -2.15. The number of thioether (sulfide) groups is 1. The van der Waals surface area contributed by atoms with Crippen LogP contribution in [0.2, 0.25) is 0 Å². The van der Waals surface area contributed by atoms with E-state index in [0.717, 1.165) is 30.1 Å². The van der Waals surface area contributed by atoms with Crippen molar-refractivity contribution in [3.63, 3.8) is 0 Å². The van der Waals surface area contributed by atoms with E-state index in [1.165, 1.54) is 0 Å². The standard InChI is InChI=1S/C17H18FN3O2S/c1-24-15-6-2-4-12(8-15)16(22)21-7-3-5-14(11-21)23-17-19-9-13(18)10-20-17/h2,4,6,8-10,14H,3,5,7,11H2,1H3. The first-order valence-electron chi connectivity index (χ1n) is 7.73. The molecule has 5 nitrogen and oxygen atoms in total. The summed E-state index contributed by atoms with van der Waals surface area (Å²) in [5.74, 6) is -0.504. The molecule has 0 saturated carbocycles. The van der Waals surface area contributed by atoms with E-state index in [-0.39, 0.29) is 18.0 Å². The molecule has 0 bridgehead atoms. The Kier molecular flexibility index (Phi) is 5.30.